The molecule has 1 aromatic carbocycles. The van der Waals surface area contributed by atoms with Crippen molar-refractivity contribution in [3.63, 3.8) is 0 Å². The number of aromatic nitrogens is 1. The van der Waals surface area contributed by atoms with Crippen LogP contribution in [0.1, 0.15) is 25.1 Å². The number of hydrogen-bond donors (Lipinski definition) is 0. The maximum absolute atomic E-state index is 5.62. The lowest BCUT2D eigenvalue weighted by atomic mass is 10.1. The summed E-state index contributed by atoms with van der Waals surface area (Å²) in [6.07, 6.45) is 6.32. The summed E-state index contributed by atoms with van der Waals surface area (Å²) in [6, 6.07) is 14.3. The van der Waals surface area contributed by atoms with E-state index in [0.717, 1.165) is 17.9 Å². The third-order valence-corrected chi connectivity index (χ3v) is 2.97. The molecule has 0 aliphatic rings. The highest BCUT2D eigenvalue weighted by molar-refractivity contribution is 14.0. The van der Waals surface area contributed by atoms with Crippen LogP contribution in [0.3, 0.4) is 0 Å². The summed E-state index contributed by atoms with van der Waals surface area (Å²) in [5.41, 5.74) is 2.30. The molecule has 0 radical (unpaired) electrons. The van der Waals surface area contributed by atoms with Gasteiger partial charge in [0, 0.05) is 23.8 Å². The number of para-hydroxylation sites is 1. The summed E-state index contributed by atoms with van der Waals surface area (Å²) in [4.78, 5) is 0. The molecule has 0 aliphatic heterocycles. The predicted molar refractivity (Wildman–Crippen MR) is 94.3 cm³/mol. The maximum Gasteiger partial charge on any atom is 0.205 e. The second kappa shape index (κ2) is 8.74. The summed E-state index contributed by atoms with van der Waals surface area (Å²) in [5.74, 6) is 0.931. The molecule has 0 saturated carbocycles. The summed E-state index contributed by atoms with van der Waals surface area (Å²) < 4.78 is 7.83. The predicted octanol–water partition coefficient (Wildman–Crippen LogP) is 4.18. The zero-order valence-corrected chi connectivity index (χ0v) is 14.3. The van der Waals surface area contributed by atoms with Crippen LogP contribution in [0.25, 0.3) is 12.2 Å². The van der Waals surface area contributed by atoms with E-state index in [9.17, 15) is 0 Å². The van der Waals surface area contributed by atoms with Crippen molar-refractivity contribution in [2.24, 2.45) is 0 Å². The van der Waals surface area contributed by atoms with Crippen molar-refractivity contribution in [1.82, 2.24) is 0 Å². The fourth-order valence-electron chi connectivity index (χ4n) is 2.01. The second-order valence-electron chi connectivity index (χ2n) is 4.22. The minimum Gasteiger partial charge on any atom is -0.493 e. The van der Waals surface area contributed by atoms with E-state index in [0.29, 0.717) is 6.61 Å². The average Bonchev–Trinajstić information content (AvgIpc) is 2.47. The van der Waals surface area contributed by atoms with Gasteiger partial charge in [-0.3, -0.25) is 0 Å². The van der Waals surface area contributed by atoms with Crippen molar-refractivity contribution < 1.29 is 9.30 Å². The van der Waals surface area contributed by atoms with E-state index in [2.05, 4.69) is 54.1 Å². The highest BCUT2D eigenvalue weighted by Gasteiger charge is 2.03. The fourth-order valence-corrected chi connectivity index (χ4v) is 2.01. The highest BCUT2D eigenvalue weighted by atomic mass is 127. The van der Waals surface area contributed by atoms with Gasteiger partial charge in [-0.1, -0.05) is 18.2 Å². The molecule has 0 fully saturated rings. The summed E-state index contributed by atoms with van der Waals surface area (Å²) in [5, 5.41) is 0. The Hall–Kier alpha value is -1.36. The zero-order chi connectivity index (χ0) is 13.5. The normalized spacial score (nSPS) is 10.3. The third kappa shape index (κ3) is 4.34. The lowest BCUT2D eigenvalue weighted by molar-refractivity contribution is -0.695. The standard InChI is InChI=1S/C17H20NO.HI/c1-3-18-14-8-7-10-16(18)13-12-15-9-5-6-11-17(15)19-4-2;/h5-14H,3-4H2,1-2H3;1H/q+1;/b13-12+;. The van der Waals surface area contributed by atoms with E-state index in [-0.39, 0.29) is 24.0 Å². The van der Waals surface area contributed by atoms with Crippen LogP contribution in [0.15, 0.2) is 48.7 Å². The molecule has 0 atom stereocenters. The first-order chi connectivity index (χ1) is 9.35. The largest absolute Gasteiger partial charge is 0.493 e. The van der Waals surface area contributed by atoms with Gasteiger partial charge in [0.15, 0.2) is 6.20 Å². The molecule has 2 nitrogen and oxygen atoms in total. The molecule has 0 amide bonds. The molecule has 0 aliphatic carbocycles. The fraction of sp³-hybridized carbons (Fsp3) is 0.235. The number of nitrogens with zero attached hydrogens (tertiary/aromatic N) is 1. The van der Waals surface area contributed by atoms with Crippen LogP contribution < -0.4 is 9.30 Å². The van der Waals surface area contributed by atoms with E-state index < -0.39 is 0 Å². The van der Waals surface area contributed by atoms with E-state index in [1.165, 1.54) is 5.69 Å². The van der Waals surface area contributed by atoms with Crippen molar-refractivity contribution in [3.8, 4) is 5.75 Å². The topological polar surface area (TPSA) is 13.1 Å². The molecular formula is C17H21INO+. The van der Waals surface area contributed by atoms with Crippen molar-refractivity contribution >= 4 is 36.1 Å². The second-order valence-corrected chi connectivity index (χ2v) is 4.22. The molecule has 2 aromatic rings. The molecule has 20 heavy (non-hydrogen) atoms. The highest BCUT2D eigenvalue weighted by Crippen LogP contribution is 2.20. The van der Waals surface area contributed by atoms with Crippen molar-refractivity contribution in [2.45, 2.75) is 20.4 Å². The van der Waals surface area contributed by atoms with E-state index in [1.54, 1.807) is 0 Å². The first kappa shape index (κ1) is 16.7. The van der Waals surface area contributed by atoms with Gasteiger partial charge in [-0.05, 0) is 32.1 Å². The van der Waals surface area contributed by atoms with Crippen LogP contribution in [0.2, 0.25) is 0 Å². The van der Waals surface area contributed by atoms with Crippen molar-refractivity contribution in [2.75, 3.05) is 6.61 Å². The number of pyridine rings is 1. The number of aryl methyl sites for hydroxylation is 1. The zero-order valence-electron chi connectivity index (χ0n) is 12.0. The monoisotopic (exact) mass is 382 g/mol. The average molecular weight is 382 g/mol. The van der Waals surface area contributed by atoms with Crippen LogP contribution in [0.4, 0.5) is 0 Å². The molecular weight excluding hydrogens is 361 g/mol. The SMILES string of the molecule is CCOc1ccccc1/C=C/c1cccc[n+]1CC.I. The lowest BCUT2D eigenvalue weighted by Crippen LogP contribution is -2.34. The van der Waals surface area contributed by atoms with Crippen LogP contribution >= 0.6 is 24.0 Å². The Bertz CT molecular complexity index is 566. The van der Waals surface area contributed by atoms with E-state index in [1.807, 2.05) is 25.1 Å². The van der Waals surface area contributed by atoms with Crippen LogP contribution in [-0.2, 0) is 6.54 Å². The van der Waals surface area contributed by atoms with Crippen molar-refractivity contribution in [3.05, 3.63) is 59.9 Å². The van der Waals surface area contributed by atoms with E-state index >= 15 is 0 Å². The third-order valence-electron chi connectivity index (χ3n) is 2.97. The maximum atomic E-state index is 5.62. The minimum absolute atomic E-state index is 0. The lowest BCUT2D eigenvalue weighted by Gasteiger charge is -2.06. The van der Waals surface area contributed by atoms with Crippen LogP contribution in [-0.4, -0.2) is 6.61 Å². The summed E-state index contributed by atoms with van der Waals surface area (Å²) in [7, 11) is 0. The molecule has 0 spiro atoms. The van der Waals surface area contributed by atoms with Gasteiger partial charge in [0.05, 0.1) is 6.61 Å². The number of hydrogen-bond acceptors (Lipinski definition) is 1. The number of benzene rings is 1. The van der Waals surface area contributed by atoms with Gasteiger partial charge in [0.1, 0.15) is 12.3 Å². The van der Waals surface area contributed by atoms with Gasteiger partial charge in [-0.15, -0.1) is 24.0 Å². The molecule has 0 unspecified atom stereocenters. The van der Waals surface area contributed by atoms with E-state index in [4.69, 9.17) is 4.74 Å². The molecule has 106 valence electrons. The Morgan fingerprint density at radius 1 is 1.00 bits per heavy atom. The number of halogens is 1. The van der Waals surface area contributed by atoms with Crippen LogP contribution in [0.5, 0.6) is 5.75 Å². The summed E-state index contributed by atoms with van der Waals surface area (Å²) in [6.45, 7) is 5.80. The first-order valence-electron chi connectivity index (χ1n) is 6.73. The molecule has 3 heteroatoms. The van der Waals surface area contributed by atoms with Gasteiger partial charge >= 0.3 is 0 Å². The molecule has 1 aromatic heterocycles. The van der Waals surface area contributed by atoms with Gasteiger partial charge in [-0.2, -0.15) is 4.57 Å². The van der Waals surface area contributed by atoms with Gasteiger partial charge in [-0.25, -0.2) is 0 Å². The van der Waals surface area contributed by atoms with Gasteiger partial charge in [0.2, 0.25) is 5.69 Å². The van der Waals surface area contributed by atoms with Gasteiger partial charge in [0.25, 0.3) is 0 Å². The van der Waals surface area contributed by atoms with Crippen LogP contribution in [0, 0.1) is 0 Å². The molecule has 0 N–H and O–H groups in total. The number of ether oxygens (including phenoxy) is 1. The first-order valence-corrected chi connectivity index (χ1v) is 6.73. The Morgan fingerprint density at radius 3 is 2.50 bits per heavy atom. The number of rotatable bonds is 5. The minimum atomic E-state index is 0. The quantitative estimate of drug-likeness (QED) is 0.559. The Morgan fingerprint density at radius 2 is 1.75 bits per heavy atom. The molecule has 2 rings (SSSR count). The van der Waals surface area contributed by atoms with Crippen molar-refractivity contribution in [1.29, 1.82) is 0 Å². The smallest absolute Gasteiger partial charge is 0.205 e. The van der Waals surface area contributed by atoms with Gasteiger partial charge < -0.3 is 4.74 Å². The molecule has 1 heterocycles. The molecule has 0 bridgehead atoms. The Balaban J connectivity index is 0.00000200. The Labute approximate surface area is 138 Å². The molecule has 0 saturated heterocycles. The Kier molecular flexibility index (Phi) is 7.30. The summed E-state index contributed by atoms with van der Waals surface area (Å²) >= 11 is 0.